The van der Waals surface area contributed by atoms with Crippen LogP contribution in [0.1, 0.15) is 12.7 Å². The molecule has 0 saturated carbocycles. The van der Waals surface area contributed by atoms with Gasteiger partial charge in [0.15, 0.2) is 5.96 Å². The topological polar surface area (TPSA) is 62.8 Å². The monoisotopic (exact) mass is 381 g/mol. The summed E-state index contributed by atoms with van der Waals surface area (Å²) in [6.45, 7) is 10.4. The predicted molar refractivity (Wildman–Crippen MR) is 113 cm³/mol. The second-order valence-corrected chi connectivity index (χ2v) is 7.65. The fourth-order valence-corrected chi connectivity index (χ4v) is 4.07. The fraction of sp³-hybridized carbons (Fsp3) is 0.524. The normalized spacial score (nSPS) is 24.4. The number of fused-ring (bicyclic) bond motifs is 3. The molecule has 7 nitrogen and oxygen atoms in total. The molecule has 1 unspecified atom stereocenters. The molecular weight excluding hydrogens is 350 g/mol. The number of aliphatic imine (C=N–C) groups is 1. The summed E-state index contributed by atoms with van der Waals surface area (Å²) in [4.78, 5) is 20.2. The second-order valence-electron chi connectivity index (χ2n) is 7.65. The van der Waals surface area contributed by atoms with Gasteiger partial charge in [0.05, 0.1) is 25.0 Å². The Hall–Kier alpha value is -2.38. The van der Waals surface area contributed by atoms with E-state index in [9.17, 15) is 0 Å². The lowest BCUT2D eigenvalue weighted by molar-refractivity contribution is 0.0173. The smallest absolute Gasteiger partial charge is 0.194 e. The van der Waals surface area contributed by atoms with Gasteiger partial charge in [-0.15, -0.1) is 0 Å². The van der Waals surface area contributed by atoms with Gasteiger partial charge in [-0.2, -0.15) is 0 Å². The van der Waals surface area contributed by atoms with E-state index < -0.39 is 0 Å². The third-order valence-electron chi connectivity index (χ3n) is 5.64. The second kappa shape index (κ2) is 8.75. The first-order valence-electron chi connectivity index (χ1n) is 10.3. The first-order valence-corrected chi connectivity index (χ1v) is 10.3. The Balaban J connectivity index is 1.39. The van der Waals surface area contributed by atoms with Crippen molar-refractivity contribution in [1.29, 1.82) is 0 Å². The van der Waals surface area contributed by atoms with Gasteiger partial charge in [-0.05, 0) is 12.5 Å². The Morgan fingerprint density at radius 3 is 2.71 bits per heavy atom. The molecule has 3 fully saturated rings. The van der Waals surface area contributed by atoms with E-state index in [4.69, 9.17) is 4.99 Å². The average Bonchev–Trinajstić information content (AvgIpc) is 3.21. The standard InChI is InChI=1S/C21H31N7/c1-3-22-21(24-13-18-15-27-9-11-28(18)12-10-27)26(2)16-20-23-14-19(25-20)17-7-5-4-6-8-17/h4-8,14,18H,3,9-13,15-16H2,1-2H3,(H,22,24)(H,23,25). The molecule has 5 rings (SSSR count). The fourth-order valence-electron chi connectivity index (χ4n) is 4.07. The third kappa shape index (κ3) is 4.36. The number of benzene rings is 1. The maximum absolute atomic E-state index is 4.94. The van der Waals surface area contributed by atoms with Crippen LogP contribution in [0, 0.1) is 0 Å². The number of nitrogens with zero attached hydrogens (tertiary/aromatic N) is 5. The van der Waals surface area contributed by atoms with Gasteiger partial charge in [0.1, 0.15) is 5.82 Å². The molecule has 3 aliphatic heterocycles. The number of hydrogen-bond donors (Lipinski definition) is 2. The van der Waals surface area contributed by atoms with Gasteiger partial charge in [0.25, 0.3) is 0 Å². The Morgan fingerprint density at radius 2 is 2.04 bits per heavy atom. The molecule has 3 saturated heterocycles. The van der Waals surface area contributed by atoms with Crippen LogP contribution in [0.5, 0.6) is 0 Å². The van der Waals surface area contributed by atoms with E-state index in [0.717, 1.165) is 42.7 Å². The maximum Gasteiger partial charge on any atom is 0.194 e. The number of rotatable bonds is 6. The average molecular weight is 382 g/mol. The van der Waals surface area contributed by atoms with Crippen molar-refractivity contribution in [3.05, 3.63) is 42.4 Å². The molecule has 2 bridgehead atoms. The Labute approximate surface area is 167 Å². The summed E-state index contributed by atoms with van der Waals surface area (Å²) in [5.41, 5.74) is 2.20. The van der Waals surface area contributed by atoms with E-state index in [-0.39, 0.29) is 0 Å². The largest absolute Gasteiger partial charge is 0.357 e. The van der Waals surface area contributed by atoms with Crippen LogP contribution in [0.25, 0.3) is 11.3 Å². The Morgan fingerprint density at radius 1 is 1.25 bits per heavy atom. The van der Waals surface area contributed by atoms with E-state index in [1.54, 1.807) is 0 Å². The maximum atomic E-state index is 4.94. The van der Waals surface area contributed by atoms with Gasteiger partial charge in [0, 0.05) is 52.4 Å². The molecule has 28 heavy (non-hydrogen) atoms. The first-order chi connectivity index (χ1) is 13.7. The minimum absolute atomic E-state index is 0.540. The van der Waals surface area contributed by atoms with Gasteiger partial charge < -0.3 is 15.2 Å². The SMILES string of the molecule is CCNC(=NCC1CN2CCN1CC2)N(C)Cc1ncc(-c2ccccc2)[nH]1. The molecule has 150 valence electrons. The van der Waals surface area contributed by atoms with Crippen LogP contribution < -0.4 is 5.32 Å². The number of piperazine rings is 3. The number of nitrogens with one attached hydrogen (secondary N) is 2. The van der Waals surface area contributed by atoms with Gasteiger partial charge in [-0.3, -0.25) is 14.8 Å². The third-order valence-corrected chi connectivity index (χ3v) is 5.64. The summed E-state index contributed by atoms with van der Waals surface area (Å²) in [6.07, 6.45) is 1.91. The highest BCUT2D eigenvalue weighted by molar-refractivity contribution is 5.79. The first kappa shape index (κ1) is 19.0. The molecule has 0 radical (unpaired) electrons. The van der Waals surface area contributed by atoms with Crippen LogP contribution in [0.4, 0.5) is 0 Å². The highest BCUT2D eigenvalue weighted by Crippen LogP contribution is 2.17. The molecule has 1 atom stereocenters. The molecule has 4 heterocycles. The number of aromatic nitrogens is 2. The summed E-state index contributed by atoms with van der Waals surface area (Å²) in [6, 6.07) is 10.8. The Kier molecular flexibility index (Phi) is 5.92. The van der Waals surface area contributed by atoms with Crippen molar-refractivity contribution in [2.24, 2.45) is 4.99 Å². The van der Waals surface area contributed by atoms with E-state index in [1.165, 1.54) is 26.2 Å². The van der Waals surface area contributed by atoms with Crippen LogP contribution >= 0.6 is 0 Å². The molecule has 0 spiro atoms. The van der Waals surface area contributed by atoms with Crippen molar-refractivity contribution < 1.29 is 0 Å². The lowest BCUT2D eigenvalue weighted by Gasteiger charge is -2.47. The van der Waals surface area contributed by atoms with Crippen molar-refractivity contribution in [2.75, 3.05) is 52.9 Å². The van der Waals surface area contributed by atoms with E-state index in [0.29, 0.717) is 12.6 Å². The summed E-state index contributed by atoms with van der Waals surface area (Å²) in [5.74, 6) is 1.89. The van der Waals surface area contributed by atoms with Gasteiger partial charge >= 0.3 is 0 Å². The molecule has 3 aliphatic rings. The zero-order valence-corrected chi connectivity index (χ0v) is 16.9. The van der Waals surface area contributed by atoms with Crippen LogP contribution in [0.3, 0.4) is 0 Å². The van der Waals surface area contributed by atoms with E-state index in [2.05, 4.69) is 56.1 Å². The number of guanidine groups is 1. The van der Waals surface area contributed by atoms with Crippen molar-refractivity contribution in [3.8, 4) is 11.3 Å². The summed E-state index contributed by atoms with van der Waals surface area (Å²) in [5, 5.41) is 3.43. The van der Waals surface area contributed by atoms with Gasteiger partial charge in [-0.1, -0.05) is 30.3 Å². The highest BCUT2D eigenvalue weighted by atomic mass is 15.4. The molecular formula is C21H31N7. The van der Waals surface area contributed by atoms with Gasteiger partial charge in [0.2, 0.25) is 0 Å². The molecule has 7 heteroatoms. The minimum Gasteiger partial charge on any atom is -0.357 e. The lowest BCUT2D eigenvalue weighted by Crippen LogP contribution is -2.62. The predicted octanol–water partition coefficient (Wildman–Crippen LogP) is 1.47. The molecule has 0 aliphatic carbocycles. The van der Waals surface area contributed by atoms with Crippen LogP contribution in [-0.4, -0.2) is 89.5 Å². The van der Waals surface area contributed by atoms with Crippen molar-refractivity contribution in [3.63, 3.8) is 0 Å². The van der Waals surface area contributed by atoms with Crippen LogP contribution in [-0.2, 0) is 6.54 Å². The summed E-state index contributed by atoms with van der Waals surface area (Å²) >= 11 is 0. The molecule has 2 aromatic rings. The van der Waals surface area contributed by atoms with Crippen molar-refractivity contribution >= 4 is 5.96 Å². The molecule has 0 amide bonds. The highest BCUT2D eigenvalue weighted by Gasteiger charge is 2.31. The number of imidazole rings is 1. The number of H-pyrrole nitrogens is 1. The van der Waals surface area contributed by atoms with Crippen LogP contribution in [0.15, 0.2) is 41.5 Å². The molecule has 1 aromatic carbocycles. The minimum atomic E-state index is 0.540. The van der Waals surface area contributed by atoms with E-state index in [1.807, 2.05) is 24.4 Å². The van der Waals surface area contributed by atoms with Crippen molar-refractivity contribution in [2.45, 2.75) is 19.5 Å². The number of aromatic amines is 1. The molecule has 1 aromatic heterocycles. The van der Waals surface area contributed by atoms with Crippen LogP contribution in [0.2, 0.25) is 0 Å². The quantitative estimate of drug-likeness (QED) is 0.586. The zero-order chi connectivity index (χ0) is 19.3. The number of hydrogen-bond acceptors (Lipinski definition) is 4. The van der Waals surface area contributed by atoms with Crippen molar-refractivity contribution in [1.82, 2.24) is 30.0 Å². The van der Waals surface area contributed by atoms with Gasteiger partial charge in [-0.25, -0.2) is 4.98 Å². The molecule has 2 N–H and O–H groups in total. The summed E-state index contributed by atoms with van der Waals surface area (Å²) < 4.78 is 0. The lowest BCUT2D eigenvalue weighted by atomic mass is 10.1. The Bertz CT molecular complexity index is 777. The van der Waals surface area contributed by atoms with E-state index >= 15 is 0 Å². The summed E-state index contributed by atoms with van der Waals surface area (Å²) in [7, 11) is 2.07. The zero-order valence-electron chi connectivity index (χ0n) is 16.9.